The number of aromatic nitrogens is 2. The summed E-state index contributed by atoms with van der Waals surface area (Å²) in [5, 5.41) is 7.68. The van der Waals surface area contributed by atoms with Crippen LogP contribution in [0.3, 0.4) is 0 Å². The van der Waals surface area contributed by atoms with Gasteiger partial charge in [-0.3, -0.25) is 0 Å². The van der Waals surface area contributed by atoms with E-state index in [1.807, 2.05) is 24.3 Å². The molecule has 160 valence electrons. The molecule has 0 unspecified atom stereocenters. The lowest BCUT2D eigenvalue weighted by Crippen LogP contribution is -2.34. The highest BCUT2D eigenvalue weighted by atomic mass is 35.5. The van der Waals surface area contributed by atoms with Crippen molar-refractivity contribution in [1.82, 2.24) is 15.3 Å². The van der Waals surface area contributed by atoms with E-state index in [-0.39, 0.29) is 0 Å². The maximum absolute atomic E-state index is 5.96. The van der Waals surface area contributed by atoms with Crippen LogP contribution in [-0.4, -0.2) is 41.3 Å². The van der Waals surface area contributed by atoms with Crippen LogP contribution < -0.4 is 20.4 Å². The zero-order valence-electron chi connectivity index (χ0n) is 17.2. The molecule has 1 aromatic heterocycles. The van der Waals surface area contributed by atoms with Crippen LogP contribution in [0.5, 0.6) is 0 Å². The summed E-state index contributed by atoms with van der Waals surface area (Å²) >= 11 is 11.5. The lowest BCUT2D eigenvalue weighted by Gasteiger charge is -2.31. The van der Waals surface area contributed by atoms with Gasteiger partial charge in [0.1, 0.15) is 11.6 Å². The number of thiocarbonyl (C=S) groups is 1. The molecule has 4 rings (SSSR count). The largest absolute Gasteiger partial charge is 0.358 e. The van der Waals surface area contributed by atoms with Crippen LogP contribution in [0.4, 0.5) is 17.6 Å². The standard InChI is InChI=1S/C22H29ClN6S/c23-18-9-7-17(8-10-18)16-24-22(30)27-21-25-19(28-11-3-1-4-12-28)15-20(26-21)29-13-5-2-6-14-29/h7-10,15H,1-6,11-14,16H2,(H2,24,25,26,27,30). The molecule has 0 atom stereocenters. The molecule has 2 aromatic rings. The summed E-state index contributed by atoms with van der Waals surface area (Å²) in [5.74, 6) is 2.55. The predicted octanol–water partition coefficient (Wildman–Crippen LogP) is 4.60. The average molecular weight is 445 g/mol. The number of hydrogen-bond donors (Lipinski definition) is 2. The van der Waals surface area contributed by atoms with Crippen LogP contribution in [-0.2, 0) is 6.54 Å². The monoisotopic (exact) mass is 444 g/mol. The Hall–Kier alpha value is -2.12. The SMILES string of the molecule is S=C(NCc1ccc(Cl)cc1)Nc1nc(N2CCCCC2)cc(N2CCCCC2)n1. The van der Waals surface area contributed by atoms with Gasteiger partial charge in [-0.1, -0.05) is 23.7 Å². The Morgan fingerprint density at radius 1 is 0.867 bits per heavy atom. The molecule has 1 aromatic carbocycles. The molecule has 0 saturated carbocycles. The number of nitrogens with zero attached hydrogens (tertiary/aromatic N) is 4. The van der Waals surface area contributed by atoms with Crippen LogP contribution in [0.1, 0.15) is 44.1 Å². The van der Waals surface area contributed by atoms with E-state index in [4.69, 9.17) is 33.8 Å². The Morgan fingerprint density at radius 3 is 1.93 bits per heavy atom. The minimum Gasteiger partial charge on any atom is -0.358 e. The highest BCUT2D eigenvalue weighted by Gasteiger charge is 2.19. The van der Waals surface area contributed by atoms with Crippen molar-refractivity contribution < 1.29 is 0 Å². The fraction of sp³-hybridized carbons (Fsp3) is 0.500. The lowest BCUT2D eigenvalue weighted by molar-refractivity contribution is 0.567. The molecular weight excluding hydrogens is 416 g/mol. The molecule has 2 aliphatic heterocycles. The third-order valence-corrected chi connectivity index (χ3v) is 6.15. The molecule has 2 N–H and O–H groups in total. The van der Waals surface area contributed by atoms with E-state index in [0.29, 0.717) is 17.6 Å². The van der Waals surface area contributed by atoms with E-state index < -0.39 is 0 Å². The first-order valence-corrected chi connectivity index (χ1v) is 11.6. The summed E-state index contributed by atoms with van der Waals surface area (Å²) in [6, 6.07) is 9.88. The fourth-order valence-electron chi connectivity index (χ4n) is 3.98. The summed E-state index contributed by atoms with van der Waals surface area (Å²) in [4.78, 5) is 14.3. The molecule has 0 radical (unpaired) electrons. The second-order valence-corrected chi connectivity index (χ2v) is 8.78. The van der Waals surface area contributed by atoms with Crippen molar-refractivity contribution >= 4 is 46.5 Å². The van der Waals surface area contributed by atoms with E-state index in [1.165, 1.54) is 38.5 Å². The first-order valence-electron chi connectivity index (χ1n) is 10.9. The normalized spacial score (nSPS) is 17.0. The summed E-state index contributed by atoms with van der Waals surface area (Å²) in [6.45, 7) is 4.82. The van der Waals surface area contributed by atoms with Crippen LogP contribution in [0.25, 0.3) is 0 Å². The molecular formula is C22H29ClN6S. The van der Waals surface area contributed by atoms with E-state index >= 15 is 0 Å². The number of rotatable bonds is 5. The highest BCUT2D eigenvalue weighted by Crippen LogP contribution is 2.26. The molecule has 0 spiro atoms. The first kappa shape index (κ1) is 21.1. The second-order valence-electron chi connectivity index (χ2n) is 7.94. The van der Waals surface area contributed by atoms with Crippen molar-refractivity contribution in [3.8, 4) is 0 Å². The third-order valence-electron chi connectivity index (χ3n) is 5.65. The van der Waals surface area contributed by atoms with E-state index in [0.717, 1.165) is 48.4 Å². The molecule has 0 amide bonds. The second kappa shape index (κ2) is 10.3. The smallest absolute Gasteiger partial charge is 0.232 e. The minimum absolute atomic E-state index is 0.519. The number of benzene rings is 1. The van der Waals surface area contributed by atoms with Crippen LogP contribution in [0.15, 0.2) is 30.3 Å². The number of hydrogen-bond acceptors (Lipinski definition) is 5. The van der Waals surface area contributed by atoms with Gasteiger partial charge in [-0.25, -0.2) is 0 Å². The number of nitrogens with one attached hydrogen (secondary N) is 2. The van der Waals surface area contributed by atoms with Crippen molar-refractivity contribution in [3.05, 3.63) is 40.9 Å². The molecule has 3 heterocycles. The van der Waals surface area contributed by atoms with Gasteiger partial charge in [-0.2, -0.15) is 9.97 Å². The summed E-state index contributed by atoms with van der Waals surface area (Å²) < 4.78 is 0. The van der Waals surface area contributed by atoms with E-state index in [2.05, 4.69) is 26.5 Å². The van der Waals surface area contributed by atoms with Crippen LogP contribution in [0.2, 0.25) is 5.02 Å². The van der Waals surface area contributed by atoms with Gasteiger partial charge in [0.15, 0.2) is 5.11 Å². The van der Waals surface area contributed by atoms with Crippen LogP contribution >= 0.6 is 23.8 Å². The molecule has 0 aliphatic carbocycles. The van der Waals surface area contributed by atoms with Gasteiger partial charge in [0.2, 0.25) is 5.95 Å². The zero-order valence-corrected chi connectivity index (χ0v) is 18.8. The van der Waals surface area contributed by atoms with E-state index in [9.17, 15) is 0 Å². The van der Waals surface area contributed by atoms with E-state index in [1.54, 1.807) is 0 Å². The van der Waals surface area contributed by atoms with Gasteiger partial charge in [0.25, 0.3) is 0 Å². The van der Waals surface area contributed by atoms with Gasteiger partial charge in [0, 0.05) is 43.8 Å². The Balaban J connectivity index is 1.47. The number of piperidine rings is 2. The van der Waals surface area contributed by atoms with Gasteiger partial charge in [-0.15, -0.1) is 0 Å². The molecule has 0 bridgehead atoms. The van der Waals surface area contributed by atoms with Crippen LogP contribution in [0, 0.1) is 0 Å². The van der Waals surface area contributed by atoms with Crippen molar-refractivity contribution in [2.75, 3.05) is 41.3 Å². The fourth-order valence-corrected chi connectivity index (χ4v) is 4.27. The Bertz CT molecular complexity index is 811. The van der Waals surface area contributed by atoms with Gasteiger partial charge in [0.05, 0.1) is 0 Å². The van der Waals surface area contributed by atoms with Gasteiger partial charge < -0.3 is 20.4 Å². The first-order chi connectivity index (χ1) is 14.7. The molecule has 6 nitrogen and oxygen atoms in total. The molecule has 2 aliphatic rings. The summed E-state index contributed by atoms with van der Waals surface area (Å²) in [6.07, 6.45) is 7.45. The topological polar surface area (TPSA) is 56.3 Å². The quantitative estimate of drug-likeness (QED) is 0.653. The number of halogens is 1. The average Bonchev–Trinajstić information content (AvgIpc) is 2.80. The predicted molar refractivity (Wildman–Crippen MR) is 129 cm³/mol. The van der Waals surface area contributed by atoms with Crippen molar-refractivity contribution in [1.29, 1.82) is 0 Å². The Kier molecular flexibility index (Phi) is 7.23. The molecule has 2 fully saturated rings. The molecule has 30 heavy (non-hydrogen) atoms. The van der Waals surface area contributed by atoms with Crippen molar-refractivity contribution in [2.45, 2.75) is 45.1 Å². The summed E-state index contributed by atoms with van der Waals surface area (Å²) in [7, 11) is 0. The van der Waals surface area contributed by atoms with Gasteiger partial charge in [-0.05, 0) is 68.4 Å². The Labute approximate surface area is 189 Å². The molecule has 2 saturated heterocycles. The molecule has 8 heteroatoms. The van der Waals surface area contributed by atoms with Gasteiger partial charge >= 0.3 is 0 Å². The van der Waals surface area contributed by atoms with Crippen molar-refractivity contribution in [3.63, 3.8) is 0 Å². The minimum atomic E-state index is 0.519. The highest BCUT2D eigenvalue weighted by molar-refractivity contribution is 7.80. The maximum Gasteiger partial charge on any atom is 0.232 e. The Morgan fingerprint density at radius 2 is 1.40 bits per heavy atom. The summed E-state index contributed by atoms with van der Waals surface area (Å²) in [5.41, 5.74) is 1.11. The van der Waals surface area contributed by atoms with Crippen molar-refractivity contribution in [2.24, 2.45) is 0 Å². The number of anilines is 3. The third kappa shape index (κ3) is 5.73. The zero-order chi connectivity index (χ0) is 20.8. The lowest BCUT2D eigenvalue weighted by atomic mass is 10.1. The maximum atomic E-state index is 5.96.